The van der Waals surface area contributed by atoms with Crippen molar-refractivity contribution in [2.24, 2.45) is 5.92 Å². The van der Waals surface area contributed by atoms with Gasteiger partial charge in [0.15, 0.2) is 5.78 Å². The van der Waals surface area contributed by atoms with Crippen molar-refractivity contribution in [3.63, 3.8) is 0 Å². The Balaban J connectivity index is 2.85. The molecule has 1 aliphatic carbocycles. The summed E-state index contributed by atoms with van der Waals surface area (Å²) in [6.07, 6.45) is 2.11. The van der Waals surface area contributed by atoms with Crippen LogP contribution in [0.2, 0.25) is 0 Å². The second kappa shape index (κ2) is 4.18. The van der Waals surface area contributed by atoms with Crippen LogP contribution in [-0.2, 0) is 4.79 Å². The predicted octanol–water partition coefficient (Wildman–Crippen LogP) is 3.16. The molecule has 0 bridgehead atoms. The van der Waals surface area contributed by atoms with Gasteiger partial charge in [0, 0.05) is 11.5 Å². The van der Waals surface area contributed by atoms with E-state index < -0.39 is 6.17 Å². The number of alkyl halides is 1. The van der Waals surface area contributed by atoms with Gasteiger partial charge in [-0.3, -0.25) is 4.79 Å². The average Bonchev–Trinajstić information content (AvgIpc) is 2.85. The molecule has 1 fully saturated rings. The molecule has 0 radical (unpaired) electrons. The van der Waals surface area contributed by atoms with Crippen LogP contribution in [0.4, 0.5) is 4.39 Å². The van der Waals surface area contributed by atoms with Crippen molar-refractivity contribution in [1.82, 2.24) is 0 Å². The number of hydrogen-bond acceptors (Lipinski definition) is 1. The molecule has 1 aliphatic rings. The van der Waals surface area contributed by atoms with E-state index in [4.69, 9.17) is 0 Å². The fourth-order valence-corrected chi connectivity index (χ4v) is 1.89. The highest BCUT2D eigenvalue weighted by Crippen LogP contribution is 2.35. The summed E-state index contributed by atoms with van der Waals surface area (Å²) in [4.78, 5) is 11.5. The molecule has 0 spiro atoms. The van der Waals surface area contributed by atoms with E-state index in [1.54, 1.807) is 0 Å². The summed E-state index contributed by atoms with van der Waals surface area (Å²) >= 11 is 3.13. The van der Waals surface area contributed by atoms with Crippen molar-refractivity contribution in [2.45, 2.75) is 25.9 Å². The first-order chi connectivity index (χ1) is 6.07. The van der Waals surface area contributed by atoms with Gasteiger partial charge in [0.05, 0.1) is 4.48 Å². The highest BCUT2D eigenvalue weighted by atomic mass is 79.9. The first-order valence-corrected chi connectivity index (χ1v) is 5.07. The van der Waals surface area contributed by atoms with Gasteiger partial charge in [0.1, 0.15) is 6.17 Å². The van der Waals surface area contributed by atoms with Crippen LogP contribution in [-0.4, -0.2) is 12.0 Å². The van der Waals surface area contributed by atoms with Gasteiger partial charge in [0.25, 0.3) is 0 Å². The van der Waals surface area contributed by atoms with Crippen molar-refractivity contribution in [1.29, 1.82) is 0 Å². The van der Waals surface area contributed by atoms with Gasteiger partial charge in [0.2, 0.25) is 0 Å². The highest BCUT2D eigenvalue weighted by molar-refractivity contribution is 9.12. The Morgan fingerprint density at radius 1 is 1.69 bits per heavy atom. The van der Waals surface area contributed by atoms with Crippen LogP contribution in [0.5, 0.6) is 0 Å². The molecule has 1 saturated carbocycles. The number of carbonyl (C=O) groups excluding carboxylic acids is 1. The van der Waals surface area contributed by atoms with E-state index in [1.807, 2.05) is 0 Å². The minimum Gasteiger partial charge on any atom is -0.293 e. The normalized spacial score (nSPS) is 20.5. The summed E-state index contributed by atoms with van der Waals surface area (Å²) in [5, 5.41) is 0. The van der Waals surface area contributed by atoms with Crippen molar-refractivity contribution in [2.75, 3.05) is 0 Å². The molecule has 0 aromatic heterocycles. The number of rotatable bonds is 4. The first kappa shape index (κ1) is 10.6. The van der Waals surface area contributed by atoms with Crippen molar-refractivity contribution < 1.29 is 9.18 Å². The molecule has 0 saturated heterocycles. The Morgan fingerprint density at radius 2 is 2.23 bits per heavy atom. The van der Waals surface area contributed by atoms with Crippen molar-refractivity contribution in [3.05, 3.63) is 22.7 Å². The van der Waals surface area contributed by atoms with Gasteiger partial charge >= 0.3 is 0 Å². The van der Waals surface area contributed by atoms with Crippen LogP contribution in [0.3, 0.4) is 0 Å². The molecule has 1 rings (SSSR count). The largest absolute Gasteiger partial charge is 0.293 e. The topological polar surface area (TPSA) is 17.1 Å². The second-order valence-electron chi connectivity index (χ2n) is 3.23. The molecule has 1 nitrogen and oxygen atoms in total. The molecule has 72 valence electrons. The first-order valence-electron chi connectivity index (χ1n) is 4.28. The van der Waals surface area contributed by atoms with Crippen LogP contribution in [0.1, 0.15) is 19.8 Å². The second-order valence-corrected chi connectivity index (χ2v) is 4.02. The number of carbonyl (C=O) groups is 1. The van der Waals surface area contributed by atoms with Gasteiger partial charge in [-0.25, -0.2) is 4.39 Å². The molecule has 0 aromatic rings. The minimum absolute atomic E-state index is 0.0133. The number of ketones is 1. The van der Waals surface area contributed by atoms with Crippen LogP contribution in [0.15, 0.2) is 22.7 Å². The van der Waals surface area contributed by atoms with Gasteiger partial charge in [-0.05, 0) is 35.7 Å². The Labute approximate surface area is 85.8 Å². The lowest BCUT2D eigenvalue weighted by atomic mass is 10.1. The van der Waals surface area contributed by atoms with Crippen LogP contribution in [0.25, 0.3) is 0 Å². The molecule has 1 unspecified atom stereocenters. The summed E-state index contributed by atoms with van der Waals surface area (Å²) in [6.45, 7) is 4.89. The Kier molecular flexibility index (Phi) is 3.42. The molecule has 1 atom stereocenters. The molecule has 0 heterocycles. The van der Waals surface area contributed by atoms with Crippen LogP contribution < -0.4 is 0 Å². The van der Waals surface area contributed by atoms with E-state index in [1.165, 1.54) is 13.0 Å². The molecule has 0 aliphatic heterocycles. The predicted molar refractivity (Wildman–Crippen MR) is 54.5 cm³/mol. The fourth-order valence-electron chi connectivity index (χ4n) is 1.09. The van der Waals surface area contributed by atoms with Gasteiger partial charge in [-0.1, -0.05) is 12.7 Å². The molecular formula is C10H12BrFO. The number of Topliss-reactive ketones (excluding diaryl/α,β-unsaturated/α-hetero) is 1. The highest BCUT2D eigenvalue weighted by Gasteiger charge is 2.32. The van der Waals surface area contributed by atoms with E-state index in [-0.39, 0.29) is 11.7 Å². The number of hydrogen-bond donors (Lipinski definition) is 0. The third-order valence-electron chi connectivity index (χ3n) is 2.07. The summed E-state index contributed by atoms with van der Waals surface area (Å²) in [5.41, 5.74) is 0.358. The van der Waals surface area contributed by atoms with E-state index in [9.17, 15) is 9.18 Å². The molecular weight excluding hydrogens is 235 g/mol. The number of halogens is 2. The number of allylic oxidation sites excluding steroid dienone is 3. The lowest BCUT2D eigenvalue weighted by molar-refractivity contribution is -0.116. The standard InChI is InChI=1S/C10H12BrFO/c1-3-8(6(2)12)9(11)10(13)7-4-5-7/h3,6-7H,1,4-5H2,2H3/b9-8+. The van der Waals surface area contributed by atoms with Crippen molar-refractivity contribution in [3.8, 4) is 0 Å². The van der Waals surface area contributed by atoms with Gasteiger partial charge < -0.3 is 0 Å². The third kappa shape index (κ3) is 2.50. The lowest BCUT2D eigenvalue weighted by Crippen LogP contribution is -2.07. The fraction of sp³-hybridized carbons (Fsp3) is 0.500. The Morgan fingerprint density at radius 3 is 2.54 bits per heavy atom. The average molecular weight is 247 g/mol. The zero-order valence-electron chi connectivity index (χ0n) is 7.52. The third-order valence-corrected chi connectivity index (χ3v) is 2.92. The summed E-state index contributed by atoms with van der Waals surface area (Å²) in [6, 6.07) is 0. The van der Waals surface area contributed by atoms with Gasteiger partial charge in [-0.2, -0.15) is 0 Å². The van der Waals surface area contributed by atoms with Crippen molar-refractivity contribution >= 4 is 21.7 Å². The molecule has 13 heavy (non-hydrogen) atoms. The maximum absolute atomic E-state index is 12.9. The van der Waals surface area contributed by atoms with E-state index in [0.29, 0.717) is 10.1 Å². The molecule has 0 N–H and O–H groups in total. The summed E-state index contributed by atoms with van der Waals surface area (Å²) < 4.78 is 13.3. The van der Waals surface area contributed by atoms with E-state index in [2.05, 4.69) is 22.5 Å². The summed E-state index contributed by atoms with van der Waals surface area (Å²) in [7, 11) is 0. The maximum Gasteiger partial charge on any atom is 0.173 e. The monoisotopic (exact) mass is 246 g/mol. The molecule has 3 heteroatoms. The van der Waals surface area contributed by atoms with E-state index >= 15 is 0 Å². The van der Waals surface area contributed by atoms with E-state index in [0.717, 1.165) is 12.8 Å². The SMILES string of the molecule is C=C/C(=C(\Br)C(=O)C1CC1)C(C)F. The Hall–Kier alpha value is -0.440. The zero-order chi connectivity index (χ0) is 10.0. The smallest absolute Gasteiger partial charge is 0.173 e. The van der Waals surface area contributed by atoms with Gasteiger partial charge in [-0.15, -0.1) is 0 Å². The maximum atomic E-state index is 12.9. The lowest BCUT2D eigenvalue weighted by Gasteiger charge is -2.06. The quantitative estimate of drug-likeness (QED) is 0.550. The minimum atomic E-state index is -1.14. The van der Waals surface area contributed by atoms with Crippen LogP contribution in [0, 0.1) is 5.92 Å². The molecule has 0 amide bonds. The van der Waals surface area contributed by atoms with Crippen LogP contribution >= 0.6 is 15.9 Å². The summed E-state index contributed by atoms with van der Waals surface area (Å²) in [5.74, 6) is 0.127. The zero-order valence-corrected chi connectivity index (χ0v) is 9.10. The molecule has 0 aromatic carbocycles. The Bertz CT molecular complexity index is 264.